The van der Waals surface area contributed by atoms with E-state index in [1.807, 2.05) is 23.1 Å². The molecule has 4 rings (SSSR count). The van der Waals surface area contributed by atoms with Gasteiger partial charge in [-0.25, -0.2) is 0 Å². The molecule has 1 fully saturated rings. The van der Waals surface area contributed by atoms with Crippen molar-refractivity contribution in [1.82, 2.24) is 20.0 Å². The first kappa shape index (κ1) is 19.3. The van der Waals surface area contributed by atoms with Crippen LogP contribution in [-0.2, 0) is 17.6 Å². The average molecular weight is 390 g/mol. The molecule has 1 aromatic carbocycles. The summed E-state index contributed by atoms with van der Waals surface area (Å²) < 4.78 is 5.32. The zero-order valence-electron chi connectivity index (χ0n) is 16.5. The largest absolute Gasteiger partial charge is 0.342 e. The number of hydrogen-bond donors (Lipinski definition) is 0. The number of pyridine rings is 1. The highest BCUT2D eigenvalue weighted by molar-refractivity contribution is 5.76. The maximum atomic E-state index is 12.7. The summed E-state index contributed by atoms with van der Waals surface area (Å²) in [5, 5.41) is 4.00. The van der Waals surface area contributed by atoms with Gasteiger partial charge in [0.05, 0.1) is 0 Å². The first-order valence-corrected chi connectivity index (χ1v) is 10.3. The molecule has 1 aliphatic heterocycles. The lowest BCUT2D eigenvalue weighted by Gasteiger charge is -2.33. The van der Waals surface area contributed by atoms with Gasteiger partial charge in [0.15, 0.2) is 0 Å². The number of nitrogens with zero attached hydrogens (tertiary/aromatic N) is 4. The Hall–Kier alpha value is -3.02. The van der Waals surface area contributed by atoms with Gasteiger partial charge in [-0.1, -0.05) is 35.5 Å². The molecule has 0 spiro atoms. The molecule has 0 saturated carbocycles. The van der Waals surface area contributed by atoms with Gasteiger partial charge in [-0.3, -0.25) is 9.78 Å². The Labute approximate surface area is 171 Å². The molecule has 3 aromatic rings. The normalized spacial score (nSPS) is 16.7. The molecule has 150 valence electrons. The Balaban J connectivity index is 1.24. The maximum absolute atomic E-state index is 12.7. The fourth-order valence-electron chi connectivity index (χ4n) is 3.92. The van der Waals surface area contributed by atoms with E-state index >= 15 is 0 Å². The third-order valence-electron chi connectivity index (χ3n) is 5.41. The number of piperidine rings is 1. The fraction of sp³-hybridized carbons (Fsp3) is 0.391. The summed E-state index contributed by atoms with van der Waals surface area (Å²) in [7, 11) is 0. The van der Waals surface area contributed by atoms with Crippen molar-refractivity contribution >= 4 is 5.91 Å². The maximum Gasteiger partial charge on any atom is 0.226 e. The molecule has 0 bridgehead atoms. The molecule has 6 nitrogen and oxygen atoms in total. The van der Waals surface area contributed by atoms with Crippen LogP contribution in [0.1, 0.15) is 37.1 Å². The molecule has 1 saturated heterocycles. The highest BCUT2D eigenvalue weighted by Crippen LogP contribution is 2.22. The standard InChI is InChI=1S/C23H26N4O2/c28-22(27-14-6-9-19(17-27)15-18-7-2-1-3-8-18)12-4-11-21-25-23(26-29-21)20-10-5-13-24-16-20/h1-3,5,7-8,10,13,16,19H,4,6,9,11-12,14-15,17H2/t19-/m1/s1. The van der Waals surface area contributed by atoms with Crippen LogP contribution < -0.4 is 0 Å². The molecule has 29 heavy (non-hydrogen) atoms. The van der Waals surface area contributed by atoms with Crippen molar-refractivity contribution in [3.8, 4) is 11.4 Å². The molecule has 0 radical (unpaired) electrons. The first-order valence-electron chi connectivity index (χ1n) is 10.3. The van der Waals surface area contributed by atoms with Crippen LogP contribution in [0, 0.1) is 5.92 Å². The van der Waals surface area contributed by atoms with Crippen LogP contribution in [0.25, 0.3) is 11.4 Å². The summed E-state index contributed by atoms with van der Waals surface area (Å²) in [6.45, 7) is 1.73. The molecule has 2 aromatic heterocycles. The highest BCUT2D eigenvalue weighted by Gasteiger charge is 2.23. The van der Waals surface area contributed by atoms with Gasteiger partial charge in [0.25, 0.3) is 0 Å². The van der Waals surface area contributed by atoms with E-state index in [9.17, 15) is 4.79 Å². The lowest BCUT2D eigenvalue weighted by atomic mass is 9.91. The molecule has 0 unspecified atom stereocenters. The minimum atomic E-state index is 0.231. The van der Waals surface area contributed by atoms with Gasteiger partial charge in [0, 0.05) is 43.9 Å². The van der Waals surface area contributed by atoms with Crippen LogP contribution in [0.5, 0.6) is 0 Å². The zero-order valence-corrected chi connectivity index (χ0v) is 16.5. The number of aromatic nitrogens is 3. The molecule has 6 heteroatoms. The molecular formula is C23H26N4O2. The van der Waals surface area contributed by atoms with Crippen molar-refractivity contribution in [2.75, 3.05) is 13.1 Å². The van der Waals surface area contributed by atoms with Gasteiger partial charge in [-0.05, 0) is 49.3 Å². The molecule has 0 N–H and O–H groups in total. The number of likely N-dealkylation sites (tertiary alicyclic amines) is 1. The van der Waals surface area contributed by atoms with Gasteiger partial charge in [-0.15, -0.1) is 0 Å². The zero-order chi connectivity index (χ0) is 19.9. The first-order chi connectivity index (χ1) is 14.3. The number of rotatable bonds is 7. The summed E-state index contributed by atoms with van der Waals surface area (Å²) in [4.78, 5) is 23.2. The molecule has 3 heterocycles. The Morgan fingerprint density at radius 1 is 1.17 bits per heavy atom. The topological polar surface area (TPSA) is 72.1 Å². The monoisotopic (exact) mass is 390 g/mol. The summed E-state index contributed by atoms with van der Waals surface area (Å²) >= 11 is 0. The Morgan fingerprint density at radius 3 is 2.90 bits per heavy atom. The van der Waals surface area contributed by atoms with E-state index in [1.165, 1.54) is 12.0 Å². The van der Waals surface area contributed by atoms with E-state index in [4.69, 9.17) is 4.52 Å². The Morgan fingerprint density at radius 2 is 2.07 bits per heavy atom. The molecule has 1 aliphatic rings. The van der Waals surface area contributed by atoms with Gasteiger partial charge in [-0.2, -0.15) is 4.98 Å². The van der Waals surface area contributed by atoms with Gasteiger partial charge in [0.1, 0.15) is 0 Å². The van der Waals surface area contributed by atoms with Crippen LogP contribution >= 0.6 is 0 Å². The third-order valence-corrected chi connectivity index (χ3v) is 5.41. The molecule has 1 atom stereocenters. The minimum absolute atomic E-state index is 0.231. The van der Waals surface area contributed by atoms with Crippen molar-refractivity contribution in [3.05, 3.63) is 66.3 Å². The lowest BCUT2D eigenvalue weighted by Crippen LogP contribution is -2.40. The third kappa shape index (κ3) is 5.28. The summed E-state index contributed by atoms with van der Waals surface area (Å²) in [6, 6.07) is 14.3. The van der Waals surface area contributed by atoms with Crippen LogP contribution in [0.3, 0.4) is 0 Å². The van der Waals surface area contributed by atoms with Crippen molar-refractivity contribution in [2.24, 2.45) is 5.92 Å². The van der Waals surface area contributed by atoms with Crippen LogP contribution in [0.15, 0.2) is 59.4 Å². The van der Waals surface area contributed by atoms with Gasteiger partial charge < -0.3 is 9.42 Å². The number of hydrogen-bond acceptors (Lipinski definition) is 5. The van der Waals surface area contributed by atoms with E-state index in [-0.39, 0.29) is 5.91 Å². The van der Waals surface area contributed by atoms with Gasteiger partial charge >= 0.3 is 0 Å². The van der Waals surface area contributed by atoms with E-state index in [0.29, 0.717) is 36.9 Å². The predicted molar refractivity (Wildman–Crippen MR) is 110 cm³/mol. The Kier molecular flexibility index (Phi) is 6.29. The highest BCUT2D eigenvalue weighted by atomic mass is 16.5. The smallest absolute Gasteiger partial charge is 0.226 e. The lowest BCUT2D eigenvalue weighted by molar-refractivity contribution is -0.133. The molecule has 0 aliphatic carbocycles. The number of carbonyl (C=O) groups is 1. The summed E-state index contributed by atoms with van der Waals surface area (Å²) in [5.41, 5.74) is 2.18. The van der Waals surface area contributed by atoms with Crippen LogP contribution in [0.2, 0.25) is 0 Å². The van der Waals surface area contributed by atoms with Crippen molar-refractivity contribution < 1.29 is 9.32 Å². The number of carbonyl (C=O) groups excluding carboxylic acids is 1. The van der Waals surface area contributed by atoms with Crippen molar-refractivity contribution in [3.63, 3.8) is 0 Å². The summed E-state index contributed by atoms with van der Waals surface area (Å²) in [6.07, 6.45) is 8.58. The minimum Gasteiger partial charge on any atom is -0.342 e. The SMILES string of the molecule is O=C(CCCc1nc(-c2cccnc2)no1)N1CCC[C@H](Cc2ccccc2)C1. The molecule has 1 amide bonds. The average Bonchev–Trinajstić information content (AvgIpc) is 3.24. The van der Waals surface area contributed by atoms with E-state index in [2.05, 4.69) is 39.4 Å². The Bertz CT molecular complexity index is 911. The second kappa shape index (κ2) is 9.45. The second-order valence-electron chi connectivity index (χ2n) is 7.64. The van der Waals surface area contributed by atoms with Crippen LogP contribution in [-0.4, -0.2) is 39.0 Å². The number of amides is 1. The summed E-state index contributed by atoms with van der Waals surface area (Å²) in [5.74, 6) is 1.89. The number of aryl methyl sites for hydroxylation is 1. The van der Waals surface area contributed by atoms with Crippen molar-refractivity contribution in [1.29, 1.82) is 0 Å². The van der Waals surface area contributed by atoms with E-state index in [1.54, 1.807) is 12.4 Å². The van der Waals surface area contributed by atoms with E-state index in [0.717, 1.165) is 31.5 Å². The van der Waals surface area contributed by atoms with Crippen molar-refractivity contribution in [2.45, 2.75) is 38.5 Å². The van der Waals surface area contributed by atoms with E-state index < -0.39 is 0 Å². The predicted octanol–water partition coefficient (Wildman–Crippen LogP) is 3.94. The second-order valence-corrected chi connectivity index (χ2v) is 7.64. The fourth-order valence-corrected chi connectivity index (χ4v) is 3.92. The number of benzene rings is 1. The van der Waals surface area contributed by atoms with Gasteiger partial charge in [0.2, 0.25) is 17.6 Å². The van der Waals surface area contributed by atoms with Crippen LogP contribution in [0.4, 0.5) is 0 Å². The quantitative estimate of drug-likeness (QED) is 0.611. The molecular weight excluding hydrogens is 364 g/mol.